The molecule has 0 fully saturated rings. The van der Waals surface area contributed by atoms with E-state index in [1.54, 1.807) is 18.2 Å². The molecule has 0 aliphatic carbocycles. The van der Waals surface area contributed by atoms with Crippen LogP contribution in [0.2, 0.25) is 5.02 Å². The number of aromatic amines is 2. The van der Waals surface area contributed by atoms with Gasteiger partial charge in [-0.25, -0.2) is 4.98 Å². The second kappa shape index (κ2) is 6.57. The highest BCUT2D eigenvalue weighted by Crippen LogP contribution is 2.30. The summed E-state index contributed by atoms with van der Waals surface area (Å²) < 4.78 is 0. The molecule has 1 atom stereocenters. The van der Waals surface area contributed by atoms with Crippen molar-refractivity contribution >= 4 is 34.4 Å². The van der Waals surface area contributed by atoms with E-state index in [0.717, 1.165) is 0 Å². The first-order chi connectivity index (χ1) is 13.3. The Labute approximate surface area is 165 Å². The lowest BCUT2D eigenvalue weighted by Crippen LogP contribution is -2.41. The molecular formula is C19H18ClN5O3. The van der Waals surface area contributed by atoms with Gasteiger partial charge in [0.2, 0.25) is 0 Å². The summed E-state index contributed by atoms with van der Waals surface area (Å²) in [5.41, 5.74) is 1.50. The number of benzene rings is 1. The number of H-pyrrole nitrogens is 2. The fourth-order valence-electron chi connectivity index (χ4n) is 3.18. The van der Waals surface area contributed by atoms with E-state index in [4.69, 9.17) is 11.6 Å². The third-order valence-electron chi connectivity index (χ3n) is 5.05. The first-order valence-electron chi connectivity index (χ1n) is 8.72. The molecule has 28 heavy (non-hydrogen) atoms. The number of nitrogens with one attached hydrogen (secondary N) is 2. The standard InChI is InChI=1S/C19H18ClN5O3/c1-9(24(2)3)8-25-18(27)10-6-13-14(7-11(10)19(25)28)23-16(22-13)15-12(20)4-5-21-17(15)26/h4-7,9H,8H2,1-3H3,(H,21,26)(H,22,23). The van der Waals surface area contributed by atoms with Crippen LogP contribution in [0.5, 0.6) is 0 Å². The van der Waals surface area contributed by atoms with E-state index in [2.05, 4.69) is 15.0 Å². The predicted octanol–water partition coefficient (Wildman–Crippen LogP) is 2.12. The van der Waals surface area contributed by atoms with Crippen molar-refractivity contribution < 1.29 is 9.59 Å². The Kier molecular flexibility index (Phi) is 4.32. The molecule has 0 spiro atoms. The Balaban J connectivity index is 1.77. The summed E-state index contributed by atoms with van der Waals surface area (Å²) in [6.07, 6.45) is 1.45. The first kappa shape index (κ1) is 18.4. The minimum atomic E-state index is -0.380. The number of imide groups is 1. The van der Waals surface area contributed by atoms with Gasteiger partial charge >= 0.3 is 0 Å². The van der Waals surface area contributed by atoms with Gasteiger partial charge in [0.1, 0.15) is 11.4 Å². The minimum Gasteiger partial charge on any atom is -0.338 e. The third-order valence-corrected chi connectivity index (χ3v) is 5.36. The van der Waals surface area contributed by atoms with Crippen LogP contribution in [0.15, 0.2) is 29.2 Å². The lowest BCUT2D eigenvalue weighted by Gasteiger charge is -2.24. The van der Waals surface area contributed by atoms with Gasteiger partial charge in [-0.3, -0.25) is 19.3 Å². The van der Waals surface area contributed by atoms with E-state index in [9.17, 15) is 14.4 Å². The zero-order chi connectivity index (χ0) is 20.2. The monoisotopic (exact) mass is 399 g/mol. The number of halogens is 1. The molecule has 0 saturated heterocycles. The van der Waals surface area contributed by atoms with Crippen LogP contribution in [-0.2, 0) is 0 Å². The number of hydrogen-bond donors (Lipinski definition) is 2. The Morgan fingerprint density at radius 2 is 1.86 bits per heavy atom. The predicted molar refractivity (Wildman–Crippen MR) is 106 cm³/mol. The molecule has 9 heteroatoms. The number of rotatable bonds is 4. The summed E-state index contributed by atoms with van der Waals surface area (Å²) in [7, 11) is 3.79. The summed E-state index contributed by atoms with van der Waals surface area (Å²) in [5, 5.41) is 0.256. The maximum absolute atomic E-state index is 12.8. The fraction of sp³-hybridized carbons (Fsp3) is 0.263. The molecule has 0 saturated carbocycles. The largest absolute Gasteiger partial charge is 0.338 e. The van der Waals surface area contributed by atoms with Crippen molar-refractivity contribution in [3.63, 3.8) is 0 Å². The Morgan fingerprint density at radius 1 is 1.18 bits per heavy atom. The zero-order valence-corrected chi connectivity index (χ0v) is 16.3. The van der Waals surface area contributed by atoms with Gasteiger partial charge < -0.3 is 14.9 Å². The van der Waals surface area contributed by atoms with Crippen LogP contribution in [0.4, 0.5) is 0 Å². The van der Waals surface area contributed by atoms with Crippen molar-refractivity contribution in [1.29, 1.82) is 0 Å². The highest BCUT2D eigenvalue weighted by atomic mass is 35.5. The van der Waals surface area contributed by atoms with E-state index >= 15 is 0 Å². The van der Waals surface area contributed by atoms with Gasteiger partial charge in [0.15, 0.2) is 0 Å². The number of amides is 2. The van der Waals surface area contributed by atoms with E-state index in [0.29, 0.717) is 28.7 Å². The highest BCUT2D eigenvalue weighted by molar-refractivity contribution is 6.33. The number of hydrogen-bond acceptors (Lipinski definition) is 5. The first-order valence-corrected chi connectivity index (χ1v) is 9.09. The van der Waals surface area contributed by atoms with Crippen LogP contribution in [0.1, 0.15) is 27.6 Å². The van der Waals surface area contributed by atoms with Crippen molar-refractivity contribution in [3.8, 4) is 11.4 Å². The molecule has 2 amide bonds. The van der Waals surface area contributed by atoms with Gasteiger partial charge in [0, 0.05) is 18.8 Å². The summed E-state index contributed by atoms with van der Waals surface area (Å²) >= 11 is 6.13. The Hall–Kier alpha value is -2.97. The molecule has 4 rings (SSSR count). The number of aromatic nitrogens is 3. The molecule has 1 aliphatic rings. The normalized spacial score (nSPS) is 15.0. The molecule has 0 bridgehead atoms. The van der Waals surface area contributed by atoms with Crippen LogP contribution in [0.25, 0.3) is 22.4 Å². The van der Waals surface area contributed by atoms with E-state index in [1.807, 2.05) is 25.9 Å². The fourth-order valence-corrected chi connectivity index (χ4v) is 3.42. The van der Waals surface area contributed by atoms with Gasteiger partial charge in [0.05, 0.1) is 27.2 Å². The van der Waals surface area contributed by atoms with Gasteiger partial charge in [-0.2, -0.15) is 0 Å². The minimum absolute atomic E-state index is 0.0313. The number of imidazole rings is 1. The average Bonchev–Trinajstić information content (AvgIpc) is 3.14. The molecule has 1 aliphatic heterocycles. The lowest BCUT2D eigenvalue weighted by molar-refractivity contribution is 0.0618. The Bertz CT molecular complexity index is 1130. The highest BCUT2D eigenvalue weighted by Gasteiger charge is 2.37. The molecule has 3 heterocycles. The van der Waals surface area contributed by atoms with E-state index < -0.39 is 0 Å². The summed E-state index contributed by atoms with van der Waals surface area (Å²) in [6.45, 7) is 2.25. The van der Waals surface area contributed by atoms with Crippen molar-refractivity contribution in [2.45, 2.75) is 13.0 Å². The molecule has 2 aromatic heterocycles. The van der Waals surface area contributed by atoms with Crippen LogP contribution < -0.4 is 5.56 Å². The molecule has 8 nitrogen and oxygen atoms in total. The van der Waals surface area contributed by atoms with Crippen LogP contribution in [0.3, 0.4) is 0 Å². The smallest absolute Gasteiger partial charge is 0.261 e. The number of nitrogens with zero attached hydrogens (tertiary/aromatic N) is 3. The van der Waals surface area contributed by atoms with Gasteiger partial charge in [-0.05, 0) is 39.2 Å². The third kappa shape index (κ3) is 2.81. The maximum Gasteiger partial charge on any atom is 0.261 e. The zero-order valence-electron chi connectivity index (χ0n) is 15.5. The van der Waals surface area contributed by atoms with Gasteiger partial charge in [-0.1, -0.05) is 11.6 Å². The number of pyridine rings is 1. The molecule has 0 radical (unpaired) electrons. The van der Waals surface area contributed by atoms with Crippen molar-refractivity contribution in [2.75, 3.05) is 20.6 Å². The molecule has 1 aromatic carbocycles. The SMILES string of the molecule is CC(CN1C(=O)c2cc3nc(-c4c(Cl)cc[nH]c4=O)[nH]c3cc2C1=O)N(C)C. The molecule has 144 valence electrons. The van der Waals surface area contributed by atoms with Crippen LogP contribution >= 0.6 is 11.6 Å². The van der Waals surface area contributed by atoms with E-state index in [1.165, 1.54) is 11.1 Å². The molecule has 2 N–H and O–H groups in total. The number of fused-ring (bicyclic) bond motifs is 2. The maximum atomic E-state index is 12.8. The second-order valence-electron chi connectivity index (χ2n) is 7.06. The van der Waals surface area contributed by atoms with Crippen LogP contribution in [-0.4, -0.2) is 63.2 Å². The Morgan fingerprint density at radius 3 is 2.50 bits per heavy atom. The van der Waals surface area contributed by atoms with Crippen molar-refractivity contribution in [1.82, 2.24) is 24.8 Å². The lowest BCUT2D eigenvalue weighted by atomic mass is 10.1. The van der Waals surface area contributed by atoms with Crippen molar-refractivity contribution in [3.05, 3.63) is 50.9 Å². The van der Waals surface area contributed by atoms with Gasteiger partial charge in [-0.15, -0.1) is 0 Å². The summed E-state index contributed by atoms with van der Waals surface area (Å²) in [5.74, 6) is -0.387. The quantitative estimate of drug-likeness (QED) is 0.654. The molecular weight excluding hydrogens is 382 g/mol. The second-order valence-corrected chi connectivity index (χ2v) is 7.47. The number of carbonyl (C=O) groups excluding carboxylic acids is 2. The number of likely N-dealkylation sites (N-methyl/N-ethyl adjacent to an activating group) is 1. The summed E-state index contributed by atoms with van der Waals surface area (Å²) in [6, 6.07) is 4.77. The topological polar surface area (TPSA) is 102 Å². The van der Waals surface area contributed by atoms with E-state index in [-0.39, 0.29) is 39.8 Å². The van der Waals surface area contributed by atoms with Crippen molar-refractivity contribution in [2.24, 2.45) is 0 Å². The van der Waals surface area contributed by atoms with Gasteiger partial charge in [0.25, 0.3) is 17.4 Å². The molecule has 3 aromatic rings. The molecule has 1 unspecified atom stereocenters. The summed E-state index contributed by atoms with van der Waals surface area (Å²) in [4.78, 5) is 50.8. The average molecular weight is 400 g/mol. The van der Waals surface area contributed by atoms with Crippen LogP contribution in [0, 0.1) is 0 Å². The number of carbonyl (C=O) groups is 2.